The Morgan fingerprint density at radius 3 is 2.56 bits per heavy atom. The number of benzene rings is 1. The lowest BCUT2D eigenvalue weighted by molar-refractivity contribution is -0.384. The van der Waals surface area contributed by atoms with Gasteiger partial charge in [0.1, 0.15) is 0 Å². The van der Waals surface area contributed by atoms with E-state index in [4.69, 9.17) is 0 Å². The van der Waals surface area contributed by atoms with Crippen molar-refractivity contribution in [2.45, 2.75) is 24.7 Å². The second kappa shape index (κ2) is 7.35. The zero-order valence-electron chi connectivity index (χ0n) is 14.5. The van der Waals surface area contributed by atoms with Crippen molar-refractivity contribution in [3.05, 3.63) is 45.8 Å². The number of nitrogens with zero attached hydrogens (tertiary/aromatic N) is 4. The van der Waals surface area contributed by atoms with Crippen LogP contribution in [0.3, 0.4) is 0 Å². The molecule has 0 saturated carbocycles. The number of rotatable bonds is 5. The number of halogens is 2. The lowest BCUT2D eigenvalue weighted by Gasteiger charge is -2.19. The summed E-state index contributed by atoms with van der Waals surface area (Å²) in [6.45, 7) is 1.64. The molecule has 0 atom stereocenters. The molecule has 2 N–H and O–H groups in total. The molecular weight excluding hydrogens is 362 g/mol. The molecule has 1 saturated heterocycles. The maximum atomic E-state index is 14.4. The van der Waals surface area contributed by atoms with Gasteiger partial charge in [-0.25, -0.2) is 4.68 Å². The number of non-ortho nitro benzene ring substituents is 1. The van der Waals surface area contributed by atoms with Crippen molar-refractivity contribution in [3.63, 3.8) is 0 Å². The Morgan fingerprint density at radius 2 is 1.96 bits per heavy atom. The molecule has 2 heterocycles. The lowest BCUT2D eigenvalue weighted by atomic mass is 9.98. The van der Waals surface area contributed by atoms with E-state index in [1.54, 1.807) is 0 Å². The first-order valence-corrected chi connectivity index (χ1v) is 8.35. The summed E-state index contributed by atoms with van der Waals surface area (Å²) in [7, 11) is 1.51. The van der Waals surface area contributed by atoms with Crippen LogP contribution in [0.4, 0.5) is 20.4 Å². The number of nitro benzene ring substituents is 1. The first kappa shape index (κ1) is 18.8. The van der Waals surface area contributed by atoms with Gasteiger partial charge in [-0.05, 0) is 38.1 Å². The summed E-state index contributed by atoms with van der Waals surface area (Å²) >= 11 is 0. The van der Waals surface area contributed by atoms with E-state index in [9.17, 15) is 23.7 Å². The Bertz CT molecular complexity index is 846. The molecule has 1 aromatic heterocycles. The fourth-order valence-electron chi connectivity index (χ4n) is 2.87. The third-order valence-electron chi connectivity index (χ3n) is 4.43. The van der Waals surface area contributed by atoms with Gasteiger partial charge in [0.25, 0.3) is 5.69 Å². The molecule has 0 radical (unpaired) electrons. The van der Waals surface area contributed by atoms with Crippen LogP contribution in [0.25, 0.3) is 0 Å². The van der Waals surface area contributed by atoms with Crippen LogP contribution < -0.4 is 10.6 Å². The molecule has 1 aliphatic heterocycles. The monoisotopic (exact) mass is 380 g/mol. The van der Waals surface area contributed by atoms with Gasteiger partial charge in [0.05, 0.1) is 4.92 Å². The fraction of sp³-hybridized carbons (Fsp3) is 0.438. The zero-order chi connectivity index (χ0) is 19.6. The molecule has 3 rings (SSSR count). The SMILES string of the molecule is Cn1nc(C2CCNCC2)nc1NC(=O)C(F)(F)c1ccc([N+](=O)[O-])cc1. The largest absolute Gasteiger partial charge is 0.350 e. The van der Waals surface area contributed by atoms with Gasteiger partial charge in [-0.3, -0.25) is 20.2 Å². The number of nitrogens with one attached hydrogen (secondary N) is 2. The number of anilines is 1. The second-order valence-electron chi connectivity index (χ2n) is 6.27. The van der Waals surface area contributed by atoms with Crippen molar-refractivity contribution in [1.29, 1.82) is 0 Å². The number of piperidine rings is 1. The average molecular weight is 380 g/mol. The van der Waals surface area contributed by atoms with Crippen molar-refractivity contribution in [1.82, 2.24) is 20.1 Å². The minimum Gasteiger partial charge on any atom is -0.317 e. The van der Waals surface area contributed by atoms with Crippen LogP contribution in [-0.4, -0.2) is 38.7 Å². The summed E-state index contributed by atoms with van der Waals surface area (Å²) in [6.07, 6.45) is 1.66. The Labute approximate surface area is 152 Å². The Hall–Kier alpha value is -2.95. The van der Waals surface area contributed by atoms with Gasteiger partial charge < -0.3 is 5.32 Å². The third-order valence-corrected chi connectivity index (χ3v) is 4.43. The number of aryl methyl sites for hydroxylation is 1. The molecule has 2 aromatic rings. The highest BCUT2D eigenvalue weighted by Crippen LogP contribution is 2.31. The smallest absolute Gasteiger partial charge is 0.317 e. The summed E-state index contributed by atoms with van der Waals surface area (Å²) in [5.74, 6) is -4.92. The number of amides is 1. The van der Waals surface area contributed by atoms with Crippen molar-refractivity contribution in [2.75, 3.05) is 18.4 Å². The molecule has 11 heteroatoms. The third kappa shape index (κ3) is 3.92. The summed E-state index contributed by atoms with van der Waals surface area (Å²) in [4.78, 5) is 26.2. The van der Waals surface area contributed by atoms with E-state index in [1.165, 1.54) is 11.7 Å². The Kier molecular flexibility index (Phi) is 5.13. The molecule has 1 aliphatic rings. The summed E-state index contributed by atoms with van der Waals surface area (Å²) in [5, 5.41) is 20.2. The fourth-order valence-corrected chi connectivity index (χ4v) is 2.87. The maximum Gasteiger partial charge on any atom is 0.350 e. The summed E-state index contributed by atoms with van der Waals surface area (Å²) in [6, 6.07) is 3.56. The van der Waals surface area contributed by atoms with Gasteiger partial charge >= 0.3 is 11.8 Å². The van der Waals surface area contributed by atoms with Crippen LogP contribution in [0.2, 0.25) is 0 Å². The molecule has 0 bridgehead atoms. The lowest BCUT2D eigenvalue weighted by Crippen LogP contribution is -2.33. The van der Waals surface area contributed by atoms with E-state index in [2.05, 4.69) is 20.7 Å². The first-order valence-electron chi connectivity index (χ1n) is 8.35. The predicted octanol–water partition coefficient (Wildman–Crippen LogP) is 1.92. The molecule has 144 valence electrons. The van der Waals surface area contributed by atoms with Crippen LogP contribution in [-0.2, 0) is 17.8 Å². The number of nitro groups is 1. The molecule has 0 spiro atoms. The van der Waals surface area contributed by atoms with E-state index in [0.29, 0.717) is 5.82 Å². The molecule has 27 heavy (non-hydrogen) atoms. The number of alkyl halides is 2. The molecule has 0 unspecified atom stereocenters. The molecule has 1 amide bonds. The number of carbonyl (C=O) groups excluding carboxylic acids is 1. The Balaban J connectivity index is 1.75. The quantitative estimate of drug-likeness (QED) is 0.605. The number of aromatic nitrogens is 3. The minimum absolute atomic E-state index is 0.0740. The van der Waals surface area contributed by atoms with Crippen LogP contribution in [0, 0.1) is 10.1 Å². The van der Waals surface area contributed by atoms with E-state index in [0.717, 1.165) is 50.2 Å². The van der Waals surface area contributed by atoms with Gasteiger partial charge in [-0.1, -0.05) is 0 Å². The van der Waals surface area contributed by atoms with E-state index >= 15 is 0 Å². The van der Waals surface area contributed by atoms with Gasteiger partial charge in [0.15, 0.2) is 5.82 Å². The summed E-state index contributed by atoms with van der Waals surface area (Å²) < 4.78 is 30.1. The zero-order valence-corrected chi connectivity index (χ0v) is 14.5. The van der Waals surface area contributed by atoms with E-state index in [1.807, 2.05) is 0 Å². The van der Waals surface area contributed by atoms with Crippen molar-refractivity contribution in [2.24, 2.45) is 7.05 Å². The van der Waals surface area contributed by atoms with E-state index < -0.39 is 22.3 Å². The normalized spacial score (nSPS) is 15.5. The number of carbonyl (C=O) groups is 1. The topological polar surface area (TPSA) is 115 Å². The van der Waals surface area contributed by atoms with Gasteiger partial charge in [-0.15, -0.1) is 0 Å². The molecular formula is C16H18F2N6O3. The van der Waals surface area contributed by atoms with Crippen LogP contribution in [0.1, 0.15) is 30.1 Å². The van der Waals surface area contributed by atoms with E-state index in [-0.39, 0.29) is 17.6 Å². The maximum absolute atomic E-state index is 14.4. The minimum atomic E-state index is -3.88. The highest BCUT2D eigenvalue weighted by atomic mass is 19.3. The number of hydrogen-bond acceptors (Lipinski definition) is 6. The van der Waals surface area contributed by atoms with Crippen LogP contribution in [0.15, 0.2) is 24.3 Å². The standard InChI is InChI=1S/C16H18F2N6O3/c1-23-15(20-13(22-23)10-6-8-19-9-7-10)21-14(25)16(17,18)11-2-4-12(5-3-11)24(26)27/h2-5,10,19H,6-9H2,1H3,(H,20,21,22,25). The van der Waals surface area contributed by atoms with Gasteiger partial charge in [0, 0.05) is 30.7 Å². The number of hydrogen-bond donors (Lipinski definition) is 2. The van der Waals surface area contributed by atoms with Gasteiger partial charge in [0.2, 0.25) is 5.95 Å². The predicted molar refractivity (Wildman–Crippen MR) is 91.5 cm³/mol. The van der Waals surface area contributed by atoms with Crippen LogP contribution in [0.5, 0.6) is 0 Å². The van der Waals surface area contributed by atoms with Crippen molar-refractivity contribution < 1.29 is 18.5 Å². The molecule has 1 fully saturated rings. The molecule has 1 aromatic carbocycles. The second-order valence-corrected chi connectivity index (χ2v) is 6.27. The highest BCUT2D eigenvalue weighted by molar-refractivity contribution is 5.95. The molecule has 9 nitrogen and oxygen atoms in total. The molecule has 0 aliphatic carbocycles. The van der Waals surface area contributed by atoms with Crippen LogP contribution >= 0.6 is 0 Å². The van der Waals surface area contributed by atoms with Crippen molar-refractivity contribution >= 4 is 17.5 Å². The first-order chi connectivity index (χ1) is 12.8. The van der Waals surface area contributed by atoms with Gasteiger partial charge in [-0.2, -0.15) is 18.9 Å². The highest BCUT2D eigenvalue weighted by Gasteiger charge is 2.42. The summed E-state index contributed by atoms with van der Waals surface area (Å²) in [5.41, 5.74) is -0.985. The average Bonchev–Trinajstić information content (AvgIpc) is 3.03. The van der Waals surface area contributed by atoms with Crippen molar-refractivity contribution in [3.8, 4) is 0 Å². The Morgan fingerprint density at radius 1 is 1.33 bits per heavy atom.